The van der Waals surface area contributed by atoms with E-state index < -0.39 is 11.8 Å². The van der Waals surface area contributed by atoms with Crippen LogP contribution in [0.3, 0.4) is 0 Å². The van der Waals surface area contributed by atoms with Crippen LogP contribution < -0.4 is 0 Å². The first kappa shape index (κ1) is 14.1. The molecule has 0 unspecified atom stereocenters. The highest BCUT2D eigenvalue weighted by Crippen LogP contribution is 2.15. The molecule has 0 N–H and O–H groups in total. The average Bonchev–Trinajstić information content (AvgIpc) is 2.37. The third-order valence-corrected chi connectivity index (χ3v) is 3.78. The summed E-state index contributed by atoms with van der Waals surface area (Å²) in [5.74, 6) is -0.791. The molecule has 0 bridgehead atoms. The van der Waals surface area contributed by atoms with Gasteiger partial charge in [0.2, 0.25) is 0 Å². The van der Waals surface area contributed by atoms with Crippen LogP contribution >= 0.6 is 15.9 Å². The molecule has 0 saturated carbocycles. The van der Waals surface area contributed by atoms with Crippen molar-refractivity contribution in [3.63, 3.8) is 0 Å². The summed E-state index contributed by atoms with van der Waals surface area (Å²) in [6, 6.07) is 7.86. The van der Waals surface area contributed by atoms with Gasteiger partial charge in [-0.25, -0.2) is 0 Å². The predicted molar refractivity (Wildman–Crippen MR) is 76.4 cm³/mol. The third-order valence-electron chi connectivity index (χ3n) is 3.25. The SMILES string of the molecule is CC(C)N1CCN(Cc2ccc(Br)cc2)C(=O)C1=O. The van der Waals surface area contributed by atoms with E-state index in [9.17, 15) is 9.59 Å². The Kier molecular flexibility index (Phi) is 4.24. The van der Waals surface area contributed by atoms with E-state index in [0.717, 1.165) is 10.0 Å². The van der Waals surface area contributed by atoms with E-state index >= 15 is 0 Å². The minimum absolute atomic E-state index is 0.0753. The van der Waals surface area contributed by atoms with Gasteiger partial charge >= 0.3 is 11.8 Å². The van der Waals surface area contributed by atoms with Gasteiger partial charge in [0.05, 0.1) is 0 Å². The molecule has 1 aromatic carbocycles. The van der Waals surface area contributed by atoms with Crippen molar-refractivity contribution >= 4 is 27.7 Å². The molecule has 0 atom stereocenters. The highest BCUT2D eigenvalue weighted by Gasteiger charge is 2.33. The van der Waals surface area contributed by atoms with Crippen molar-refractivity contribution in [2.75, 3.05) is 13.1 Å². The van der Waals surface area contributed by atoms with Gasteiger partial charge in [0.1, 0.15) is 0 Å². The summed E-state index contributed by atoms with van der Waals surface area (Å²) >= 11 is 3.37. The first-order valence-electron chi connectivity index (χ1n) is 6.33. The van der Waals surface area contributed by atoms with Crippen LogP contribution in [0.2, 0.25) is 0 Å². The first-order chi connectivity index (χ1) is 8.99. The van der Waals surface area contributed by atoms with Gasteiger partial charge in [0.25, 0.3) is 0 Å². The molecule has 4 nitrogen and oxygen atoms in total. The average molecular weight is 325 g/mol. The van der Waals surface area contributed by atoms with E-state index in [1.165, 1.54) is 0 Å². The number of carbonyl (C=O) groups is 2. The molecule has 2 amide bonds. The van der Waals surface area contributed by atoms with Crippen LogP contribution in [0.25, 0.3) is 0 Å². The quantitative estimate of drug-likeness (QED) is 0.798. The predicted octanol–water partition coefficient (Wildman–Crippen LogP) is 2.03. The second kappa shape index (κ2) is 5.74. The van der Waals surface area contributed by atoms with E-state index in [4.69, 9.17) is 0 Å². The lowest BCUT2D eigenvalue weighted by atomic mass is 10.1. The van der Waals surface area contributed by atoms with E-state index in [0.29, 0.717) is 19.6 Å². The standard InChI is InChI=1S/C14H17BrN2O2/c1-10(2)17-8-7-16(13(18)14(17)19)9-11-3-5-12(15)6-4-11/h3-6,10H,7-9H2,1-2H3. The molecule has 0 aliphatic carbocycles. The molecule has 0 aromatic heterocycles. The molecule has 0 radical (unpaired) electrons. The van der Waals surface area contributed by atoms with Gasteiger partial charge < -0.3 is 9.80 Å². The molecule has 5 heteroatoms. The summed E-state index contributed by atoms with van der Waals surface area (Å²) in [6.45, 7) is 5.55. The molecule has 1 aliphatic heterocycles. The van der Waals surface area contributed by atoms with Gasteiger partial charge in [0, 0.05) is 30.1 Å². The van der Waals surface area contributed by atoms with Crippen molar-refractivity contribution in [3.05, 3.63) is 34.3 Å². The van der Waals surface area contributed by atoms with Crippen LogP contribution in [-0.4, -0.2) is 40.7 Å². The summed E-state index contributed by atoms with van der Waals surface area (Å²) in [7, 11) is 0. The summed E-state index contributed by atoms with van der Waals surface area (Å²) in [5, 5.41) is 0. The van der Waals surface area contributed by atoms with Gasteiger partial charge in [-0.2, -0.15) is 0 Å². The van der Waals surface area contributed by atoms with Gasteiger partial charge in [-0.3, -0.25) is 9.59 Å². The third kappa shape index (κ3) is 3.15. The summed E-state index contributed by atoms with van der Waals surface area (Å²) in [4.78, 5) is 27.2. The van der Waals surface area contributed by atoms with Crippen LogP contribution in [0, 0.1) is 0 Å². The molecule has 1 aromatic rings. The lowest BCUT2D eigenvalue weighted by Gasteiger charge is -2.36. The van der Waals surface area contributed by atoms with Crippen LogP contribution in [0.5, 0.6) is 0 Å². The van der Waals surface area contributed by atoms with E-state index in [1.54, 1.807) is 9.80 Å². The maximum absolute atomic E-state index is 12.0. The molecular weight excluding hydrogens is 308 g/mol. The zero-order valence-corrected chi connectivity index (χ0v) is 12.7. The summed E-state index contributed by atoms with van der Waals surface area (Å²) in [5.41, 5.74) is 1.03. The second-order valence-corrected chi connectivity index (χ2v) is 5.86. The maximum Gasteiger partial charge on any atom is 0.312 e. The minimum Gasteiger partial charge on any atom is -0.330 e. The van der Waals surface area contributed by atoms with Gasteiger partial charge in [-0.05, 0) is 31.5 Å². The highest BCUT2D eigenvalue weighted by atomic mass is 79.9. The van der Waals surface area contributed by atoms with Crippen molar-refractivity contribution < 1.29 is 9.59 Å². The number of nitrogens with zero attached hydrogens (tertiary/aromatic N) is 2. The Bertz CT molecular complexity index is 485. The minimum atomic E-state index is -0.400. The topological polar surface area (TPSA) is 40.6 Å². The Morgan fingerprint density at radius 1 is 1.11 bits per heavy atom. The molecule has 1 aliphatic rings. The van der Waals surface area contributed by atoms with Crippen molar-refractivity contribution in [1.29, 1.82) is 0 Å². The van der Waals surface area contributed by atoms with Crippen LogP contribution in [-0.2, 0) is 16.1 Å². The van der Waals surface area contributed by atoms with Crippen LogP contribution in [0.1, 0.15) is 19.4 Å². The number of amides is 2. The molecule has 1 saturated heterocycles. The van der Waals surface area contributed by atoms with E-state index in [-0.39, 0.29) is 6.04 Å². The van der Waals surface area contributed by atoms with Crippen LogP contribution in [0.4, 0.5) is 0 Å². The van der Waals surface area contributed by atoms with Crippen molar-refractivity contribution in [2.45, 2.75) is 26.4 Å². The van der Waals surface area contributed by atoms with E-state index in [2.05, 4.69) is 15.9 Å². The zero-order valence-electron chi connectivity index (χ0n) is 11.1. The first-order valence-corrected chi connectivity index (χ1v) is 7.12. The van der Waals surface area contributed by atoms with E-state index in [1.807, 2.05) is 38.1 Å². The lowest BCUT2D eigenvalue weighted by molar-refractivity contribution is -0.157. The Hall–Kier alpha value is -1.36. The number of hydrogen-bond donors (Lipinski definition) is 0. The monoisotopic (exact) mass is 324 g/mol. The maximum atomic E-state index is 12.0. The summed E-state index contributed by atoms with van der Waals surface area (Å²) < 4.78 is 1.00. The second-order valence-electron chi connectivity index (χ2n) is 4.95. The normalized spacial score (nSPS) is 16.4. The number of carbonyl (C=O) groups excluding carboxylic acids is 2. The number of rotatable bonds is 3. The molecule has 1 heterocycles. The Morgan fingerprint density at radius 2 is 1.74 bits per heavy atom. The largest absolute Gasteiger partial charge is 0.330 e. The zero-order chi connectivity index (χ0) is 14.0. The Balaban J connectivity index is 2.05. The van der Waals surface area contributed by atoms with Crippen molar-refractivity contribution in [1.82, 2.24) is 9.80 Å². The summed E-state index contributed by atoms with van der Waals surface area (Å²) in [6.07, 6.45) is 0. The smallest absolute Gasteiger partial charge is 0.312 e. The molecule has 2 rings (SSSR count). The fourth-order valence-electron chi connectivity index (χ4n) is 2.14. The fourth-order valence-corrected chi connectivity index (χ4v) is 2.41. The highest BCUT2D eigenvalue weighted by molar-refractivity contribution is 9.10. The lowest BCUT2D eigenvalue weighted by Crippen LogP contribution is -2.55. The van der Waals surface area contributed by atoms with Crippen LogP contribution in [0.15, 0.2) is 28.7 Å². The molecule has 19 heavy (non-hydrogen) atoms. The molecule has 0 spiro atoms. The van der Waals surface area contributed by atoms with Gasteiger partial charge in [-0.15, -0.1) is 0 Å². The fraction of sp³-hybridized carbons (Fsp3) is 0.429. The van der Waals surface area contributed by atoms with Crippen molar-refractivity contribution in [2.24, 2.45) is 0 Å². The number of piperazine rings is 1. The Labute approximate surface area is 121 Å². The molecule has 1 fully saturated rings. The van der Waals surface area contributed by atoms with Gasteiger partial charge in [-0.1, -0.05) is 28.1 Å². The van der Waals surface area contributed by atoms with Crippen molar-refractivity contribution in [3.8, 4) is 0 Å². The van der Waals surface area contributed by atoms with Gasteiger partial charge in [0.15, 0.2) is 0 Å². The number of hydrogen-bond acceptors (Lipinski definition) is 2. The molecular formula is C14H17BrN2O2. The molecule has 102 valence electrons. The Morgan fingerprint density at radius 3 is 2.32 bits per heavy atom. The number of benzene rings is 1. The number of halogens is 1.